The van der Waals surface area contributed by atoms with E-state index in [0.29, 0.717) is 6.61 Å². The van der Waals surface area contributed by atoms with Crippen LogP contribution in [0.25, 0.3) is 0 Å². The highest BCUT2D eigenvalue weighted by atomic mass is 79.9. The Morgan fingerprint density at radius 2 is 2.00 bits per heavy atom. The summed E-state index contributed by atoms with van der Waals surface area (Å²) in [4.78, 5) is 4.31. The molecule has 0 aliphatic carbocycles. The molecule has 0 saturated carbocycles. The lowest BCUT2D eigenvalue weighted by Gasteiger charge is -2.17. The van der Waals surface area contributed by atoms with Crippen molar-refractivity contribution >= 4 is 15.9 Å². The molecule has 5 heteroatoms. The van der Waals surface area contributed by atoms with Gasteiger partial charge < -0.3 is 14.8 Å². The van der Waals surface area contributed by atoms with Gasteiger partial charge >= 0.3 is 0 Å². The quantitative estimate of drug-likeness (QED) is 0.742. The number of rotatable bonds is 8. The lowest BCUT2D eigenvalue weighted by Crippen LogP contribution is -2.14. The molecule has 0 unspecified atom stereocenters. The van der Waals surface area contributed by atoms with Crippen LogP contribution >= 0.6 is 15.9 Å². The van der Waals surface area contributed by atoms with Crippen LogP contribution in [0.4, 0.5) is 0 Å². The number of hydrogen-bond donors (Lipinski definition) is 1. The summed E-state index contributed by atoms with van der Waals surface area (Å²) in [6.07, 6.45) is 1.91. The standard InChI is InChI=1S/C18H23BrN2O2/c1-4-22-17-9-14(16(19)10-18(17)23-13(2)3)11-20-12-15-7-5-6-8-21-15/h5-10,13,20H,4,11-12H2,1-3H3. The normalized spacial score (nSPS) is 10.8. The highest BCUT2D eigenvalue weighted by Crippen LogP contribution is 2.34. The molecule has 1 heterocycles. The first-order valence-corrected chi connectivity index (χ1v) is 8.62. The summed E-state index contributed by atoms with van der Waals surface area (Å²) in [6, 6.07) is 9.92. The van der Waals surface area contributed by atoms with Gasteiger partial charge in [0, 0.05) is 23.8 Å². The Kier molecular flexibility index (Phi) is 6.86. The molecule has 0 fully saturated rings. The van der Waals surface area contributed by atoms with Gasteiger partial charge in [-0.2, -0.15) is 0 Å². The molecule has 2 rings (SSSR count). The molecule has 0 spiro atoms. The van der Waals surface area contributed by atoms with Crippen LogP contribution in [0.2, 0.25) is 0 Å². The number of nitrogens with one attached hydrogen (secondary N) is 1. The smallest absolute Gasteiger partial charge is 0.162 e. The molecule has 2 aromatic rings. The molecule has 124 valence electrons. The van der Waals surface area contributed by atoms with Gasteiger partial charge in [0.2, 0.25) is 0 Å². The SMILES string of the molecule is CCOc1cc(CNCc2ccccn2)c(Br)cc1OC(C)C. The van der Waals surface area contributed by atoms with Crippen molar-refractivity contribution in [2.24, 2.45) is 0 Å². The average molecular weight is 379 g/mol. The maximum Gasteiger partial charge on any atom is 0.162 e. The predicted molar refractivity (Wildman–Crippen MR) is 95.9 cm³/mol. The summed E-state index contributed by atoms with van der Waals surface area (Å²) < 4.78 is 12.5. The molecule has 0 atom stereocenters. The van der Waals surface area contributed by atoms with E-state index in [4.69, 9.17) is 9.47 Å². The van der Waals surface area contributed by atoms with Crippen molar-refractivity contribution in [3.63, 3.8) is 0 Å². The van der Waals surface area contributed by atoms with E-state index in [1.165, 1.54) is 0 Å². The Labute approximate surface area is 146 Å². The molecular formula is C18H23BrN2O2. The fourth-order valence-electron chi connectivity index (χ4n) is 2.15. The topological polar surface area (TPSA) is 43.4 Å². The van der Waals surface area contributed by atoms with Gasteiger partial charge in [-0.25, -0.2) is 0 Å². The summed E-state index contributed by atoms with van der Waals surface area (Å²) in [5.74, 6) is 1.54. The molecule has 0 aliphatic heterocycles. The summed E-state index contributed by atoms with van der Waals surface area (Å²) in [6.45, 7) is 8.04. The van der Waals surface area contributed by atoms with Crippen LogP contribution in [0, 0.1) is 0 Å². The van der Waals surface area contributed by atoms with Crippen LogP contribution in [0.5, 0.6) is 11.5 Å². The minimum absolute atomic E-state index is 0.106. The lowest BCUT2D eigenvalue weighted by atomic mass is 10.2. The van der Waals surface area contributed by atoms with E-state index >= 15 is 0 Å². The molecule has 1 aromatic carbocycles. The van der Waals surface area contributed by atoms with Crippen molar-refractivity contribution in [1.82, 2.24) is 10.3 Å². The van der Waals surface area contributed by atoms with Gasteiger partial charge in [-0.3, -0.25) is 4.98 Å². The molecule has 23 heavy (non-hydrogen) atoms. The van der Waals surface area contributed by atoms with Crippen LogP contribution in [-0.4, -0.2) is 17.7 Å². The minimum Gasteiger partial charge on any atom is -0.490 e. The summed E-state index contributed by atoms with van der Waals surface area (Å²) in [5, 5.41) is 3.40. The second-order valence-corrected chi connectivity index (χ2v) is 6.27. The second kappa shape index (κ2) is 8.89. The molecule has 0 radical (unpaired) electrons. The van der Waals surface area contributed by atoms with E-state index < -0.39 is 0 Å². The van der Waals surface area contributed by atoms with Crippen LogP contribution in [0.3, 0.4) is 0 Å². The van der Waals surface area contributed by atoms with Gasteiger partial charge in [0.15, 0.2) is 11.5 Å². The first kappa shape index (κ1) is 17.8. The summed E-state index contributed by atoms with van der Waals surface area (Å²) in [7, 11) is 0. The number of nitrogens with zero attached hydrogens (tertiary/aromatic N) is 1. The van der Waals surface area contributed by atoms with Gasteiger partial charge in [0.25, 0.3) is 0 Å². The molecule has 0 saturated heterocycles. The van der Waals surface area contributed by atoms with Gasteiger partial charge in [-0.05, 0) is 50.6 Å². The first-order valence-electron chi connectivity index (χ1n) is 7.82. The minimum atomic E-state index is 0.106. The van der Waals surface area contributed by atoms with Crippen LogP contribution in [0.15, 0.2) is 41.0 Å². The fraction of sp³-hybridized carbons (Fsp3) is 0.389. The van der Waals surface area contributed by atoms with E-state index in [-0.39, 0.29) is 6.10 Å². The average Bonchev–Trinajstić information content (AvgIpc) is 2.52. The number of pyridine rings is 1. The van der Waals surface area contributed by atoms with Gasteiger partial charge in [0.05, 0.1) is 18.4 Å². The molecular weight excluding hydrogens is 356 g/mol. The number of ether oxygens (including phenoxy) is 2. The van der Waals surface area contributed by atoms with Crippen LogP contribution < -0.4 is 14.8 Å². The van der Waals surface area contributed by atoms with E-state index in [9.17, 15) is 0 Å². The monoisotopic (exact) mass is 378 g/mol. The zero-order chi connectivity index (χ0) is 16.7. The molecule has 4 nitrogen and oxygen atoms in total. The summed E-state index contributed by atoms with van der Waals surface area (Å²) >= 11 is 3.62. The Hall–Kier alpha value is -1.59. The van der Waals surface area contributed by atoms with Crippen molar-refractivity contribution in [2.45, 2.75) is 40.0 Å². The van der Waals surface area contributed by atoms with Crippen molar-refractivity contribution in [3.8, 4) is 11.5 Å². The van der Waals surface area contributed by atoms with E-state index in [1.807, 2.05) is 51.1 Å². The van der Waals surface area contributed by atoms with E-state index in [0.717, 1.165) is 40.3 Å². The molecule has 1 aromatic heterocycles. The Morgan fingerprint density at radius 3 is 2.65 bits per heavy atom. The summed E-state index contributed by atoms with van der Waals surface area (Å²) in [5.41, 5.74) is 2.15. The number of hydrogen-bond acceptors (Lipinski definition) is 4. The number of halogens is 1. The van der Waals surface area contributed by atoms with E-state index in [2.05, 4.69) is 26.2 Å². The Bertz CT molecular complexity index is 618. The highest BCUT2D eigenvalue weighted by Gasteiger charge is 2.12. The third kappa shape index (κ3) is 5.52. The van der Waals surface area contributed by atoms with Crippen molar-refractivity contribution in [1.29, 1.82) is 0 Å². The maximum atomic E-state index is 5.82. The zero-order valence-corrected chi connectivity index (χ0v) is 15.4. The third-order valence-corrected chi connectivity index (χ3v) is 3.86. The van der Waals surface area contributed by atoms with Crippen LogP contribution in [0.1, 0.15) is 32.0 Å². The molecule has 0 amide bonds. The van der Waals surface area contributed by atoms with Crippen molar-refractivity contribution in [2.75, 3.05) is 6.61 Å². The third-order valence-electron chi connectivity index (χ3n) is 3.12. The van der Waals surface area contributed by atoms with Gasteiger partial charge in [0.1, 0.15) is 0 Å². The number of aromatic nitrogens is 1. The van der Waals surface area contributed by atoms with Crippen molar-refractivity contribution in [3.05, 3.63) is 52.3 Å². The maximum absolute atomic E-state index is 5.82. The first-order chi connectivity index (χ1) is 11.1. The second-order valence-electron chi connectivity index (χ2n) is 5.41. The van der Waals surface area contributed by atoms with Gasteiger partial charge in [-0.1, -0.05) is 22.0 Å². The Morgan fingerprint density at radius 1 is 1.17 bits per heavy atom. The largest absolute Gasteiger partial charge is 0.490 e. The molecule has 1 N–H and O–H groups in total. The zero-order valence-electron chi connectivity index (χ0n) is 13.8. The predicted octanol–water partition coefficient (Wildman–Crippen LogP) is 4.32. The molecule has 0 bridgehead atoms. The van der Waals surface area contributed by atoms with Crippen LogP contribution in [-0.2, 0) is 13.1 Å². The Balaban J connectivity index is 2.07. The van der Waals surface area contributed by atoms with E-state index in [1.54, 1.807) is 6.20 Å². The lowest BCUT2D eigenvalue weighted by molar-refractivity contribution is 0.223. The van der Waals surface area contributed by atoms with Crippen molar-refractivity contribution < 1.29 is 9.47 Å². The molecule has 0 aliphatic rings. The number of benzene rings is 1. The fourth-order valence-corrected chi connectivity index (χ4v) is 2.62. The highest BCUT2D eigenvalue weighted by molar-refractivity contribution is 9.10. The van der Waals surface area contributed by atoms with Gasteiger partial charge in [-0.15, -0.1) is 0 Å².